The Bertz CT molecular complexity index is 578. The van der Waals surface area contributed by atoms with Crippen LogP contribution in [-0.2, 0) is 0 Å². The molecule has 2 N–H and O–H groups in total. The van der Waals surface area contributed by atoms with E-state index >= 15 is 0 Å². The van der Waals surface area contributed by atoms with E-state index in [9.17, 15) is 4.79 Å². The Morgan fingerprint density at radius 2 is 2.05 bits per heavy atom. The van der Waals surface area contributed by atoms with Crippen molar-refractivity contribution in [3.8, 4) is 11.8 Å². The number of amides is 1. The van der Waals surface area contributed by atoms with Gasteiger partial charge in [0.15, 0.2) is 0 Å². The highest BCUT2D eigenvalue weighted by Crippen LogP contribution is 2.26. The van der Waals surface area contributed by atoms with Crippen molar-refractivity contribution in [2.75, 3.05) is 19.6 Å². The normalized spacial score (nSPS) is 21.6. The third-order valence-corrected chi connectivity index (χ3v) is 4.66. The molecule has 0 aliphatic carbocycles. The minimum atomic E-state index is 0.0824. The quantitative estimate of drug-likeness (QED) is 0.810. The zero-order valence-electron chi connectivity index (χ0n) is 12.8. The van der Waals surface area contributed by atoms with Crippen LogP contribution in [0.2, 0.25) is 0 Å². The van der Waals surface area contributed by atoms with Gasteiger partial charge in [-0.25, -0.2) is 0 Å². The molecule has 1 saturated heterocycles. The number of hydrogen-bond acceptors (Lipinski definition) is 3. The van der Waals surface area contributed by atoms with Crippen molar-refractivity contribution in [1.29, 1.82) is 0 Å². The molecule has 112 valence electrons. The number of carbonyl (C=O) groups is 1. The number of aryl methyl sites for hydroxylation is 1. The van der Waals surface area contributed by atoms with Crippen LogP contribution in [-0.4, -0.2) is 40.9 Å². The summed E-state index contributed by atoms with van der Waals surface area (Å²) in [4.78, 5) is 14.8. The lowest BCUT2D eigenvalue weighted by molar-refractivity contribution is 0.0753. The van der Waals surface area contributed by atoms with E-state index in [4.69, 9.17) is 5.73 Å². The molecular formula is C17H22N2OS. The molecule has 1 amide bonds. The Morgan fingerprint density at radius 3 is 2.67 bits per heavy atom. The summed E-state index contributed by atoms with van der Waals surface area (Å²) in [5, 5.41) is 0.946. The van der Waals surface area contributed by atoms with Crippen LogP contribution in [0.25, 0.3) is 0 Å². The molecule has 21 heavy (non-hydrogen) atoms. The van der Waals surface area contributed by atoms with E-state index in [0.29, 0.717) is 22.6 Å². The summed E-state index contributed by atoms with van der Waals surface area (Å²) in [6.45, 7) is 8.24. The smallest absolute Gasteiger partial charge is 0.255 e. The van der Waals surface area contributed by atoms with E-state index in [-0.39, 0.29) is 5.91 Å². The number of nitrogens with two attached hydrogens (primary N) is 1. The molecule has 0 saturated carbocycles. The van der Waals surface area contributed by atoms with E-state index in [1.807, 2.05) is 41.8 Å². The minimum Gasteiger partial charge on any atom is -0.336 e. The lowest BCUT2D eigenvalue weighted by Crippen LogP contribution is -2.44. The molecule has 1 heterocycles. The zero-order valence-corrected chi connectivity index (χ0v) is 13.7. The fourth-order valence-corrected chi connectivity index (χ4v) is 3.93. The van der Waals surface area contributed by atoms with Crippen LogP contribution in [0.1, 0.15) is 35.3 Å². The number of rotatable bonds is 1. The molecule has 2 rings (SSSR count). The van der Waals surface area contributed by atoms with Crippen LogP contribution in [0, 0.1) is 18.8 Å². The van der Waals surface area contributed by atoms with Gasteiger partial charge in [0.25, 0.3) is 5.91 Å². The molecule has 4 heteroatoms. The Balaban J connectivity index is 2.31. The van der Waals surface area contributed by atoms with E-state index in [0.717, 1.165) is 24.2 Å². The lowest BCUT2D eigenvalue weighted by atomic mass is 10.0. The maximum absolute atomic E-state index is 12.8. The first-order valence-electron chi connectivity index (χ1n) is 7.25. The highest BCUT2D eigenvalue weighted by Gasteiger charge is 2.27. The molecule has 2 atom stereocenters. The molecule has 1 aromatic carbocycles. The van der Waals surface area contributed by atoms with Crippen LogP contribution in [0.5, 0.6) is 0 Å². The first-order valence-corrected chi connectivity index (χ1v) is 8.20. The second-order valence-corrected chi connectivity index (χ2v) is 7.40. The topological polar surface area (TPSA) is 46.3 Å². The van der Waals surface area contributed by atoms with Crippen molar-refractivity contribution in [3.05, 3.63) is 34.9 Å². The highest BCUT2D eigenvalue weighted by atomic mass is 32.2. The van der Waals surface area contributed by atoms with Gasteiger partial charge in [-0.3, -0.25) is 4.79 Å². The fourth-order valence-electron chi connectivity index (χ4n) is 2.60. The number of hydrogen-bond donors (Lipinski definition) is 1. The Kier molecular flexibility index (Phi) is 5.33. The Hall–Kier alpha value is -1.44. The summed E-state index contributed by atoms with van der Waals surface area (Å²) < 4.78 is 0. The van der Waals surface area contributed by atoms with Crippen LogP contribution >= 0.6 is 11.8 Å². The number of benzene rings is 1. The lowest BCUT2D eigenvalue weighted by Gasteiger charge is -2.34. The predicted molar refractivity (Wildman–Crippen MR) is 89.5 cm³/mol. The summed E-state index contributed by atoms with van der Waals surface area (Å²) in [7, 11) is 0. The molecule has 1 aliphatic heterocycles. The summed E-state index contributed by atoms with van der Waals surface area (Å²) in [5.41, 5.74) is 7.98. The van der Waals surface area contributed by atoms with Gasteiger partial charge in [-0.05, 0) is 19.1 Å². The molecule has 0 spiro atoms. The number of nitrogens with zero attached hydrogens (tertiary/aromatic N) is 1. The molecule has 1 aliphatic rings. The van der Waals surface area contributed by atoms with Crippen LogP contribution in [0.4, 0.5) is 0 Å². The first kappa shape index (κ1) is 15.9. The van der Waals surface area contributed by atoms with Gasteiger partial charge in [-0.1, -0.05) is 37.3 Å². The molecule has 0 radical (unpaired) electrons. The summed E-state index contributed by atoms with van der Waals surface area (Å²) >= 11 is 1.94. The van der Waals surface area contributed by atoms with Crippen molar-refractivity contribution < 1.29 is 4.79 Å². The molecule has 1 fully saturated rings. The van der Waals surface area contributed by atoms with Gasteiger partial charge >= 0.3 is 0 Å². The van der Waals surface area contributed by atoms with Crippen LogP contribution in [0.15, 0.2) is 18.2 Å². The van der Waals surface area contributed by atoms with E-state index < -0.39 is 0 Å². The average molecular weight is 302 g/mol. The Morgan fingerprint density at radius 1 is 1.38 bits per heavy atom. The molecule has 2 unspecified atom stereocenters. The number of carbonyl (C=O) groups excluding carboxylic acids is 1. The minimum absolute atomic E-state index is 0.0824. The van der Waals surface area contributed by atoms with E-state index in [1.54, 1.807) is 0 Å². The van der Waals surface area contributed by atoms with Crippen molar-refractivity contribution in [2.45, 2.75) is 31.3 Å². The molecule has 0 bridgehead atoms. The molecule has 3 nitrogen and oxygen atoms in total. The largest absolute Gasteiger partial charge is 0.336 e. The molecule has 1 aromatic rings. The summed E-state index contributed by atoms with van der Waals surface area (Å²) in [6.07, 6.45) is 0. The van der Waals surface area contributed by atoms with Gasteiger partial charge in [0.2, 0.25) is 0 Å². The van der Waals surface area contributed by atoms with E-state index in [2.05, 4.69) is 25.7 Å². The van der Waals surface area contributed by atoms with Crippen molar-refractivity contribution in [3.63, 3.8) is 0 Å². The second-order valence-electron chi connectivity index (χ2n) is 5.52. The second kappa shape index (κ2) is 7.02. The monoisotopic (exact) mass is 302 g/mol. The maximum Gasteiger partial charge on any atom is 0.255 e. The average Bonchev–Trinajstić information content (AvgIpc) is 2.44. The van der Waals surface area contributed by atoms with Crippen molar-refractivity contribution in [2.24, 2.45) is 5.73 Å². The molecular weight excluding hydrogens is 280 g/mol. The zero-order chi connectivity index (χ0) is 15.4. The highest BCUT2D eigenvalue weighted by molar-refractivity contribution is 8.00. The van der Waals surface area contributed by atoms with E-state index in [1.165, 1.54) is 0 Å². The van der Waals surface area contributed by atoms with Gasteiger partial charge in [0.1, 0.15) is 0 Å². The van der Waals surface area contributed by atoms with Crippen LogP contribution < -0.4 is 5.73 Å². The third kappa shape index (κ3) is 4.03. The van der Waals surface area contributed by atoms with Crippen LogP contribution in [0.3, 0.4) is 0 Å². The predicted octanol–water partition coefficient (Wildman–Crippen LogP) is 2.27. The van der Waals surface area contributed by atoms with Gasteiger partial charge in [0.05, 0.1) is 12.1 Å². The van der Waals surface area contributed by atoms with Crippen molar-refractivity contribution >= 4 is 17.7 Å². The standard InChI is InChI=1S/C17H22N2OS/c1-12-6-7-15(5-4-8-18)16(9-12)17(20)19-10-13(2)21-14(3)11-19/h6-7,9,13-14H,8,10-11,18H2,1-3H3. The SMILES string of the molecule is Cc1ccc(C#CCN)c(C(=O)N2CC(C)SC(C)C2)c1. The van der Waals surface area contributed by atoms with Crippen molar-refractivity contribution in [1.82, 2.24) is 4.90 Å². The summed E-state index contributed by atoms with van der Waals surface area (Å²) in [6, 6.07) is 5.82. The Labute approximate surface area is 131 Å². The fraction of sp³-hybridized carbons (Fsp3) is 0.471. The third-order valence-electron chi connectivity index (χ3n) is 3.44. The number of thioether (sulfide) groups is 1. The maximum atomic E-state index is 12.8. The van der Waals surface area contributed by atoms with Gasteiger partial charge in [-0.15, -0.1) is 0 Å². The van der Waals surface area contributed by atoms with Gasteiger partial charge < -0.3 is 10.6 Å². The molecule has 0 aromatic heterocycles. The first-order chi connectivity index (χ1) is 10.0. The van der Waals surface area contributed by atoms with Gasteiger partial charge in [-0.2, -0.15) is 11.8 Å². The van der Waals surface area contributed by atoms with Gasteiger partial charge in [0, 0.05) is 29.2 Å². The summed E-state index contributed by atoms with van der Waals surface area (Å²) in [5.74, 6) is 5.94.